The van der Waals surface area contributed by atoms with Crippen molar-refractivity contribution in [1.82, 2.24) is 9.55 Å². The fraction of sp³-hybridized carbons (Fsp3) is 0.286. The van der Waals surface area contributed by atoms with Crippen molar-refractivity contribution >= 4 is 17.7 Å². The van der Waals surface area contributed by atoms with Gasteiger partial charge in [-0.3, -0.25) is 4.79 Å². The number of carboxylic acids is 1. The molecule has 1 atom stereocenters. The van der Waals surface area contributed by atoms with Gasteiger partial charge in [0.25, 0.3) is 0 Å². The Morgan fingerprint density at radius 1 is 1.45 bits per heavy atom. The minimum absolute atomic E-state index is 0.299. The predicted octanol–water partition coefficient (Wildman–Crippen LogP) is 1.61. The average molecular weight is 289 g/mol. The molecule has 0 saturated carbocycles. The molecule has 0 fully saturated rings. The Balaban J connectivity index is 2.04. The van der Waals surface area contributed by atoms with E-state index in [0.29, 0.717) is 6.42 Å². The van der Waals surface area contributed by atoms with E-state index in [-0.39, 0.29) is 0 Å². The lowest BCUT2D eigenvalue weighted by Gasteiger charge is -2.10. The Labute approximate surface area is 120 Å². The smallest absolute Gasteiger partial charge is 0.320 e. The summed E-state index contributed by atoms with van der Waals surface area (Å²) in [7, 11) is 0. The van der Waals surface area contributed by atoms with Crippen molar-refractivity contribution in [3.63, 3.8) is 0 Å². The van der Waals surface area contributed by atoms with E-state index in [4.69, 9.17) is 10.8 Å². The third kappa shape index (κ3) is 2.32. The number of nitrogens with zero attached hydrogens (tertiary/aromatic N) is 2. The predicted molar refractivity (Wildman–Crippen MR) is 77.7 cm³/mol. The number of aromatic nitrogens is 2. The summed E-state index contributed by atoms with van der Waals surface area (Å²) in [6.07, 6.45) is 0.299. The molecule has 1 aromatic carbocycles. The van der Waals surface area contributed by atoms with Gasteiger partial charge in [-0.15, -0.1) is 0 Å². The standard InChI is InChI=1S/C14H15N3O2S/c15-10(13(18)19)8-11-12(9-4-2-1-3-5-9)16-14-17(11)6-7-20-14/h1-5,10H,6-8,15H2,(H,18,19). The van der Waals surface area contributed by atoms with E-state index in [9.17, 15) is 4.79 Å². The second kappa shape index (κ2) is 5.30. The molecule has 2 aromatic rings. The van der Waals surface area contributed by atoms with Gasteiger partial charge in [-0.2, -0.15) is 0 Å². The summed E-state index contributed by atoms with van der Waals surface area (Å²) < 4.78 is 2.09. The molecule has 0 bridgehead atoms. The van der Waals surface area contributed by atoms with Crippen molar-refractivity contribution in [3.8, 4) is 11.3 Å². The van der Waals surface area contributed by atoms with Crippen LogP contribution in [0, 0.1) is 0 Å². The number of hydrogen-bond donors (Lipinski definition) is 2. The van der Waals surface area contributed by atoms with Crippen molar-refractivity contribution in [1.29, 1.82) is 0 Å². The Hall–Kier alpha value is -1.79. The number of carboxylic acid groups (broad SMARTS) is 1. The maximum atomic E-state index is 11.0. The third-order valence-electron chi connectivity index (χ3n) is 3.36. The molecule has 0 radical (unpaired) electrons. The molecule has 0 amide bonds. The Bertz CT molecular complexity index is 639. The number of nitrogens with two attached hydrogens (primary N) is 1. The number of aliphatic carboxylic acids is 1. The number of carbonyl (C=O) groups is 1. The molecular weight excluding hydrogens is 274 g/mol. The van der Waals surface area contributed by atoms with Gasteiger partial charge in [0.2, 0.25) is 0 Å². The summed E-state index contributed by atoms with van der Waals surface area (Å²) >= 11 is 1.70. The van der Waals surface area contributed by atoms with Gasteiger partial charge in [-0.05, 0) is 0 Å². The van der Waals surface area contributed by atoms with Gasteiger partial charge in [0.15, 0.2) is 5.16 Å². The maximum Gasteiger partial charge on any atom is 0.320 e. The van der Waals surface area contributed by atoms with Crippen LogP contribution in [0.5, 0.6) is 0 Å². The molecule has 1 aliphatic rings. The summed E-state index contributed by atoms with van der Waals surface area (Å²) in [4.78, 5) is 15.7. The highest BCUT2D eigenvalue weighted by Gasteiger charge is 2.25. The fourth-order valence-electron chi connectivity index (χ4n) is 2.36. The lowest BCUT2D eigenvalue weighted by Crippen LogP contribution is -2.33. The molecule has 6 heteroatoms. The molecule has 104 valence electrons. The summed E-state index contributed by atoms with van der Waals surface area (Å²) in [5, 5.41) is 9.99. The average Bonchev–Trinajstić information content (AvgIpc) is 3.02. The van der Waals surface area contributed by atoms with Crippen LogP contribution in [0.1, 0.15) is 5.69 Å². The minimum Gasteiger partial charge on any atom is -0.480 e. The largest absolute Gasteiger partial charge is 0.480 e. The molecule has 5 nitrogen and oxygen atoms in total. The monoisotopic (exact) mass is 289 g/mol. The van der Waals surface area contributed by atoms with Crippen molar-refractivity contribution in [2.24, 2.45) is 5.73 Å². The van der Waals surface area contributed by atoms with E-state index in [2.05, 4.69) is 9.55 Å². The van der Waals surface area contributed by atoms with E-state index >= 15 is 0 Å². The van der Waals surface area contributed by atoms with Crippen LogP contribution in [0.15, 0.2) is 35.5 Å². The van der Waals surface area contributed by atoms with Gasteiger partial charge in [-0.1, -0.05) is 42.1 Å². The van der Waals surface area contributed by atoms with Crippen LogP contribution in [-0.2, 0) is 17.8 Å². The van der Waals surface area contributed by atoms with Crippen molar-refractivity contribution < 1.29 is 9.90 Å². The SMILES string of the molecule is NC(Cc1c(-c2ccccc2)nc2n1CCS2)C(=O)O. The second-order valence-electron chi connectivity index (χ2n) is 4.70. The molecule has 0 saturated heterocycles. The molecule has 1 unspecified atom stereocenters. The number of rotatable bonds is 4. The second-order valence-corrected chi connectivity index (χ2v) is 5.77. The van der Waals surface area contributed by atoms with Gasteiger partial charge >= 0.3 is 5.97 Å². The lowest BCUT2D eigenvalue weighted by atomic mass is 10.1. The summed E-state index contributed by atoms with van der Waals surface area (Å²) in [6.45, 7) is 0.863. The molecule has 3 rings (SSSR count). The first-order valence-electron chi connectivity index (χ1n) is 6.43. The summed E-state index contributed by atoms with van der Waals surface area (Å²) in [5.41, 5.74) is 8.48. The van der Waals surface area contributed by atoms with E-state index in [0.717, 1.165) is 34.4 Å². The summed E-state index contributed by atoms with van der Waals surface area (Å²) in [5.74, 6) is -0.00240. The topological polar surface area (TPSA) is 81.1 Å². The van der Waals surface area contributed by atoms with Gasteiger partial charge in [-0.25, -0.2) is 4.98 Å². The van der Waals surface area contributed by atoms with Crippen molar-refractivity contribution in [2.45, 2.75) is 24.2 Å². The van der Waals surface area contributed by atoms with Crippen LogP contribution >= 0.6 is 11.8 Å². The molecule has 20 heavy (non-hydrogen) atoms. The zero-order valence-corrected chi connectivity index (χ0v) is 11.6. The Morgan fingerprint density at radius 2 is 2.20 bits per heavy atom. The van der Waals surface area contributed by atoms with Crippen molar-refractivity contribution in [2.75, 3.05) is 5.75 Å². The number of imidazole rings is 1. The highest BCUT2D eigenvalue weighted by Crippen LogP contribution is 2.33. The number of thioether (sulfide) groups is 1. The van der Waals surface area contributed by atoms with Gasteiger partial charge in [0, 0.05) is 30.0 Å². The fourth-order valence-corrected chi connectivity index (χ4v) is 3.33. The van der Waals surface area contributed by atoms with Crippen LogP contribution in [0.2, 0.25) is 0 Å². The first-order chi connectivity index (χ1) is 9.66. The van der Waals surface area contributed by atoms with Crippen LogP contribution in [0.3, 0.4) is 0 Å². The van der Waals surface area contributed by atoms with Crippen molar-refractivity contribution in [3.05, 3.63) is 36.0 Å². The molecule has 1 aliphatic heterocycles. The lowest BCUT2D eigenvalue weighted by molar-refractivity contribution is -0.138. The third-order valence-corrected chi connectivity index (χ3v) is 4.32. The Morgan fingerprint density at radius 3 is 2.90 bits per heavy atom. The van der Waals surface area contributed by atoms with Crippen LogP contribution in [-0.4, -0.2) is 32.4 Å². The minimum atomic E-state index is -0.981. The zero-order valence-electron chi connectivity index (χ0n) is 10.8. The molecule has 1 aromatic heterocycles. The number of hydrogen-bond acceptors (Lipinski definition) is 4. The first-order valence-corrected chi connectivity index (χ1v) is 7.41. The van der Waals surface area contributed by atoms with Gasteiger partial charge < -0.3 is 15.4 Å². The van der Waals surface area contributed by atoms with Crippen LogP contribution in [0.4, 0.5) is 0 Å². The molecule has 0 spiro atoms. The van der Waals surface area contributed by atoms with Gasteiger partial charge in [0.1, 0.15) is 6.04 Å². The van der Waals surface area contributed by atoms with Crippen LogP contribution < -0.4 is 5.73 Å². The molecular formula is C14H15N3O2S. The highest BCUT2D eigenvalue weighted by atomic mass is 32.2. The normalized spacial score (nSPS) is 15.1. The van der Waals surface area contributed by atoms with Gasteiger partial charge in [0.05, 0.1) is 5.69 Å². The zero-order chi connectivity index (χ0) is 14.1. The van der Waals surface area contributed by atoms with E-state index in [1.807, 2.05) is 30.3 Å². The van der Waals surface area contributed by atoms with E-state index in [1.165, 1.54) is 0 Å². The quantitative estimate of drug-likeness (QED) is 0.893. The Kier molecular flexibility index (Phi) is 3.50. The summed E-state index contributed by atoms with van der Waals surface area (Å²) in [6, 6.07) is 8.92. The molecule has 3 N–H and O–H groups in total. The van der Waals surface area contributed by atoms with E-state index in [1.54, 1.807) is 11.8 Å². The van der Waals surface area contributed by atoms with E-state index < -0.39 is 12.0 Å². The number of fused-ring (bicyclic) bond motifs is 1. The molecule has 0 aliphatic carbocycles. The highest BCUT2D eigenvalue weighted by molar-refractivity contribution is 7.99. The number of benzene rings is 1. The molecule has 2 heterocycles. The first kappa shape index (κ1) is 13.2. The maximum absolute atomic E-state index is 11.0. The van der Waals surface area contributed by atoms with Crippen LogP contribution in [0.25, 0.3) is 11.3 Å².